The summed E-state index contributed by atoms with van der Waals surface area (Å²) in [6.45, 7) is 0.426. The summed E-state index contributed by atoms with van der Waals surface area (Å²) in [5.41, 5.74) is 4.96. The number of likely N-dealkylation sites (N-methyl/N-ethyl adjacent to an activating group) is 1. The highest BCUT2D eigenvalue weighted by atomic mass is 16.5. The number of benzene rings is 1. The molecule has 4 N–H and O–H groups in total. The van der Waals surface area contributed by atoms with Gasteiger partial charge in [0.05, 0.1) is 5.69 Å². The van der Waals surface area contributed by atoms with E-state index >= 15 is 0 Å². The SMILES string of the molecule is CN1CC[C@@](O)(C#Cc2ccc3c(c2)-n2nc(C(N)=O)cc2[C@H](O)CO3)C1=O. The average molecular weight is 382 g/mol. The molecule has 0 radical (unpaired) electrons. The number of carbonyl (C=O) groups excluding carboxylic acids is 2. The van der Waals surface area contributed by atoms with Gasteiger partial charge in [-0.25, -0.2) is 4.68 Å². The maximum absolute atomic E-state index is 12.1. The lowest BCUT2D eigenvalue weighted by Crippen LogP contribution is -2.37. The van der Waals surface area contributed by atoms with E-state index in [9.17, 15) is 19.8 Å². The second-order valence-corrected chi connectivity index (χ2v) is 6.83. The van der Waals surface area contributed by atoms with Crippen LogP contribution in [0.3, 0.4) is 0 Å². The minimum atomic E-state index is -1.70. The van der Waals surface area contributed by atoms with Crippen LogP contribution >= 0.6 is 0 Å². The van der Waals surface area contributed by atoms with E-state index in [-0.39, 0.29) is 18.7 Å². The van der Waals surface area contributed by atoms with Crippen LogP contribution in [0.15, 0.2) is 24.3 Å². The average Bonchev–Trinajstić information content (AvgIpc) is 3.20. The standard InChI is InChI=1S/C19H18N4O5/c1-22-7-6-19(27,18(22)26)5-4-11-2-3-16-14(8-11)23-13(15(24)10-28-16)9-12(21-23)17(20)25/h2-3,8-9,15,24,27H,6-7,10H2,1H3,(H2,20,25)/t15-,19+/m1/s1. The van der Waals surface area contributed by atoms with E-state index in [1.807, 2.05) is 0 Å². The fourth-order valence-corrected chi connectivity index (χ4v) is 3.23. The molecule has 2 aromatic rings. The maximum Gasteiger partial charge on any atom is 0.269 e. The Morgan fingerprint density at radius 3 is 2.89 bits per heavy atom. The van der Waals surface area contributed by atoms with Gasteiger partial charge >= 0.3 is 0 Å². The Balaban J connectivity index is 1.76. The zero-order valence-electron chi connectivity index (χ0n) is 15.0. The predicted molar refractivity (Wildman–Crippen MR) is 96.6 cm³/mol. The summed E-state index contributed by atoms with van der Waals surface area (Å²) in [6.07, 6.45) is -0.754. The van der Waals surface area contributed by atoms with E-state index in [2.05, 4.69) is 16.9 Å². The van der Waals surface area contributed by atoms with E-state index in [1.54, 1.807) is 25.2 Å². The van der Waals surface area contributed by atoms with E-state index in [0.29, 0.717) is 29.2 Å². The number of hydrogen-bond acceptors (Lipinski definition) is 6. The molecular formula is C19H18N4O5. The number of hydrogen-bond donors (Lipinski definition) is 3. The van der Waals surface area contributed by atoms with Gasteiger partial charge in [-0.05, 0) is 24.3 Å². The second-order valence-electron chi connectivity index (χ2n) is 6.83. The summed E-state index contributed by atoms with van der Waals surface area (Å²) < 4.78 is 6.99. The highest BCUT2D eigenvalue weighted by Crippen LogP contribution is 2.32. The van der Waals surface area contributed by atoms with Crippen LogP contribution in [0.2, 0.25) is 0 Å². The quantitative estimate of drug-likeness (QED) is 0.562. The zero-order chi connectivity index (χ0) is 20.1. The molecule has 2 aliphatic heterocycles. The summed E-state index contributed by atoms with van der Waals surface area (Å²) in [7, 11) is 1.61. The van der Waals surface area contributed by atoms with Crippen molar-refractivity contribution in [1.29, 1.82) is 0 Å². The molecule has 4 rings (SSSR count). The van der Waals surface area contributed by atoms with E-state index in [4.69, 9.17) is 10.5 Å². The monoisotopic (exact) mass is 382 g/mol. The molecule has 0 saturated carbocycles. The molecule has 144 valence electrons. The van der Waals surface area contributed by atoms with E-state index < -0.39 is 23.5 Å². The van der Waals surface area contributed by atoms with Crippen molar-refractivity contribution in [3.63, 3.8) is 0 Å². The van der Waals surface area contributed by atoms with Gasteiger partial charge in [-0.2, -0.15) is 5.10 Å². The molecule has 0 unspecified atom stereocenters. The van der Waals surface area contributed by atoms with Crippen molar-refractivity contribution in [3.05, 3.63) is 41.2 Å². The van der Waals surface area contributed by atoms with Crippen LogP contribution in [0.4, 0.5) is 0 Å². The number of nitrogens with two attached hydrogens (primary N) is 1. The van der Waals surface area contributed by atoms with Gasteiger partial charge < -0.3 is 25.6 Å². The Labute approximate surface area is 160 Å². The van der Waals surface area contributed by atoms with Gasteiger partial charge in [0.2, 0.25) is 5.60 Å². The van der Waals surface area contributed by atoms with Crippen LogP contribution in [-0.4, -0.2) is 62.5 Å². The smallest absolute Gasteiger partial charge is 0.269 e. The molecule has 0 bridgehead atoms. The number of ether oxygens (including phenoxy) is 1. The molecule has 2 atom stereocenters. The molecule has 0 spiro atoms. The Bertz CT molecular complexity index is 1050. The van der Waals surface area contributed by atoms with Gasteiger partial charge in [-0.15, -0.1) is 0 Å². The van der Waals surface area contributed by atoms with Gasteiger partial charge in [-0.1, -0.05) is 11.8 Å². The van der Waals surface area contributed by atoms with Crippen LogP contribution in [0.25, 0.3) is 5.69 Å². The molecule has 1 fully saturated rings. The fourth-order valence-electron chi connectivity index (χ4n) is 3.23. The lowest BCUT2D eigenvalue weighted by molar-refractivity contribution is -0.137. The van der Waals surface area contributed by atoms with E-state index in [1.165, 1.54) is 15.6 Å². The molecule has 0 aliphatic carbocycles. The van der Waals surface area contributed by atoms with Gasteiger partial charge in [0.15, 0.2) is 5.69 Å². The third-order valence-corrected chi connectivity index (χ3v) is 4.84. The Morgan fingerprint density at radius 1 is 1.43 bits per heavy atom. The third kappa shape index (κ3) is 2.89. The minimum Gasteiger partial charge on any atom is -0.488 e. The number of aromatic nitrogens is 2. The second kappa shape index (κ2) is 6.37. The maximum atomic E-state index is 12.1. The van der Waals surface area contributed by atoms with Gasteiger partial charge in [0, 0.05) is 25.6 Å². The van der Waals surface area contributed by atoms with Gasteiger partial charge in [0.25, 0.3) is 11.8 Å². The first-order valence-electron chi connectivity index (χ1n) is 8.65. The van der Waals surface area contributed by atoms with Gasteiger partial charge in [-0.3, -0.25) is 9.59 Å². The van der Waals surface area contributed by atoms with Crippen molar-refractivity contribution in [2.75, 3.05) is 20.2 Å². The summed E-state index contributed by atoms with van der Waals surface area (Å²) >= 11 is 0. The van der Waals surface area contributed by atoms with Crippen molar-refractivity contribution in [2.24, 2.45) is 5.73 Å². The van der Waals surface area contributed by atoms with E-state index in [0.717, 1.165) is 0 Å². The number of primary amides is 1. The number of fused-ring (bicyclic) bond motifs is 3. The molecule has 28 heavy (non-hydrogen) atoms. The summed E-state index contributed by atoms with van der Waals surface area (Å²) in [6, 6.07) is 6.39. The Morgan fingerprint density at radius 2 is 2.21 bits per heavy atom. The molecule has 9 heteroatoms. The number of nitrogens with zero attached hydrogens (tertiary/aromatic N) is 3. The van der Waals surface area contributed by atoms with Crippen molar-refractivity contribution in [3.8, 4) is 23.3 Å². The largest absolute Gasteiger partial charge is 0.488 e. The summed E-state index contributed by atoms with van der Waals surface area (Å²) in [4.78, 5) is 25.0. The lowest BCUT2D eigenvalue weighted by Gasteiger charge is -2.13. The number of amides is 2. The van der Waals surface area contributed by atoms with Crippen molar-refractivity contribution >= 4 is 11.8 Å². The molecule has 1 saturated heterocycles. The van der Waals surface area contributed by atoms with Crippen LogP contribution in [0, 0.1) is 11.8 Å². The molecular weight excluding hydrogens is 364 g/mol. The Kier molecular flexibility index (Phi) is 4.10. The number of carbonyl (C=O) groups is 2. The topological polar surface area (TPSA) is 131 Å². The summed E-state index contributed by atoms with van der Waals surface area (Å²) in [5.74, 6) is 4.78. The third-order valence-electron chi connectivity index (χ3n) is 4.84. The fraction of sp³-hybridized carbons (Fsp3) is 0.316. The van der Waals surface area contributed by atoms with Gasteiger partial charge in [0.1, 0.15) is 24.1 Å². The van der Waals surface area contributed by atoms with Crippen molar-refractivity contribution in [2.45, 2.75) is 18.1 Å². The number of aliphatic hydroxyl groups excluding tert-OH is 1. The number of likely N-dealkylation sites (tertiary alicyclic amines) is 1. The van der Waals surface area contributed by atoms with Crippen molar-refractivity contribution < 1.29 is 24.5 Å². The van der Waals surface area contributed by atoms with Crippen LogP contribution in [-0.2, 0) is 4.79 Å². The predicted octanol–water partition coefficient (Wildman–Crippen LogP) is -0.658. The highest BCUT2D eigenvalue weighted by molar-refractivity contribution is 5.91. The number of rotatable bonds is 1. The highest BCUT2D eigenvalue weighted by Gasteiger charge is 2.42. The zero-order valence-corrected chi connectivity index (χ0v) is 15.0. The minimum absolute atomic E-state index is 0.0114. The Hall–Kier alpha value is -3.35. The molecule has 9 nitrogen and oxygen atoms in total. The van der Waals surface area contributed by atoms with Crippen LogP contribution in [0.1, 0.15) is 34.3 Å². The van der Waals surface area contributed by atoms with Crippen molar-refractivity contribution in [1.82, 2.24) is 14.7 Å². The molecule has 1 aromatic carbocycles. The molecule has 1 aromatic heterocycles. The number of aliphatic hydroxyl groups is 2. The first-order chi connectivity index (χ1) is 13.3. The first-order valence-corrected chi connectivity index (χ1v) is 8.65. The van der Waals surface area contributed by atoms with Crippen LogP contribution in [0.5, 0.6) is 5.75 Å². The van der Waals surface area contributed by atoms with Crippen LogP contribution < -0.4 is 10.5 Å². The lowest BCUT2D eigenvalue weighted by atomic mass is 10.0. The summed E-state index contributed by atoms with van der Waals surface area (Å²) in [5, 5.41) is 24.9. The molecule has 3 heterocycles. The normalized spacial score (nSPS) is 23.2. The first kappa shape index (κ1) is 18.0. The molecule has 2 aliphatic rings. The molecule has 2 amide bonds.